The first kappa shape index (κ1) is 14.0. The third-order valence-electron chi connectivity index (χ3n) is 2.23. The van der Waals surface area contributed by atoms with Crippen LogP contribution in [0, 0.1) is 6.92 Å². The van der Waals surface area contributed by atoms with Crippen molar-refractivity contribution in [3.63, 3.8) is 0 Å². The molecule has 0 aliphatic rings. The lowest BCUT2D eigenvalue weighted by atomic mass is 10.4. The van der Waals surface area contributed by atoms with Gasteiger partial charge < -0.3 is 10.6 Å². The van der Waals surface area contributed by atoms with Crippen molar-refractivity contribution in [2.45, 2.75) is 20.3 Å². The molecule has 0 saturated heterocycles. The Balaban J connectivity index is 1.91. The van der Waals surface area contributed by atoms with Gasteiger partial charge in [0.2, 0.25) is 17.2 Å². The fraction of sp³-hybridized carbons (Fsp3) is 0.455. The summed E-state index contributed by atoms with van der Waals surface area (Å²) in [6, 6.07) is 0. The minimum atomic E-state index is 0.179. The van der Waals surface area contributed by atoms with Gasteiger partial charge in [-0.15, -0.1) is 11.3 Å². The summed E-state index contributed by atoms with van der Waals surface area (Å²) in [5.74, 6) is 0.958. The van der Waals surface area contributed by atoms with E-state index >= 15 is 0 Å². The molecule has 0 atom stereocenters. The summed E-state index contributed by atoms with van der Waals surface area (Å²) in [5, 5.41) is 9.44. The minimum Gasteiger partial charge on any atom is -0.354 e. The maximum absolute atomic E-state index is 5.83. The molecular formula is C11H15ClN6S. The molecule has 2 aromatic rings. The Morgan fingerprint density at radius 2 is 1.89 bits per heavy atom. The zero-order valence-electron chi connectivity index (χ0n) is 10.8. The van der Waals surface area contributed by atoms with E-state index in [9.17, 15) is 0 Å². The van der Waals surface area contributed by atoms with Crippen LogP contribution < -0.4 is 10.6 Å². The van der Waals surface area contributed by atoms with Crippen molar-refractivity contribution in [2.75, 3.05) is 23.7 Å². The van der Waals surface area contributed by atoms with E-state index in [0.717, 1.165) is 23.7 Å². The zero-order valence-corrected chi connectivity index (χ0v) is 12.3. The normalized spacial score (nSPS) is 10.5. The third-order valence-corrected chi connectivity index (χ3v) is 3.43. The van der Waals surface area contributed by atoms with Gasteiger partial charge in [0.25, 0.3) is 0 Å². The maximum atomic E-state index is 5.83. The summed E-state index contributed by atoms with van der Waals surface area (Å²) in [5.41, 5.74) is 1.05. The zero-order chi connectivity index (χ0) is 13.7. The average Bonchev–Trinajstić information content (AvgIpc) is 2.75. The highest BCUT2D eigenvalue weighted by Gasteiger charge is 2.04. The summed E-state index contributed by atoms with van der Waals surface area (Å²) in [6.45, 7) is 5.40. The van der Waals surface area contributed by atoms with Crippen molar-refractivity contribution in [1.82, 2.24) is 19.9 Å². The SMILES string of the molecule is CCNc1nc(Cl)nc(NCCc2nc(C)cs2)n1. The Hall–Kier alpha value is -1.47. The molecule has 2 N–H and O–H groups in total. The molecule has 0 aromatic carbocycles. The Kier molecular flexibility index (Phi) is 4.86. The number of hydrogen-bond donors (Lipinski definition) is 2. The number of nitrogens with one attached hydrogen (secondary N) is 2. The maximum Gasteiger partial charge on any atom is 0.228 e. The monoisotopic (exact) mass is 298 g/mol. The number of aromatic nitrogens is 4. The number of halogens is 1. The predicted octanol–water partition coefficient (Wildman–Crippen LogP) is 2.38. The molecule has 0 spiro atoms. The molecule has 8 heteroatoms. The molecule has 2 rings (SSSR count). The lowest BCUT2D eigenvalue weighted by Gasteiger charge is -2.06. The van der Waals surface area contributed by atoms with E-state index in [-0.39, 0.29) is 5.28 Å². The second kappa shape index (κ2) is 6.63. The molecule has 19 heavy (non-hydrogen) atoms. The topological polar surface area (TPSA) is 75.6 Å². The van der Waals surface area contributed by atoms with Crippen LogP contribution in [0.2, 0.25) is 5.28 Å². The number of aryl methyl sites for hydroxylation is 1. The molecule has 0 radical (unpaired) electrons. The van der Waals surface area contributed by atoms with Crippen molar-refractivity contribution in [2.24, 2.45) is 0 Å². The van der Waals surface area contributed by atoms with Crippen LogP contribution in [0.4, 0.5) is 11.9 Å². The first-order valence-corrected chi connectivity index (χ1v) is 7.23. The van der Waals surface area contributed by atoms with Gasteiger partial charge in [0, 0.05) is 30.6 Å². The lowest BCUT2D eigenvalue weighted by Crippen LogP contribution is -2.11. The summed E-state index contributed by atoms with van der Waals surface area (Å²) in [6.07, 6.45) is 0.832. The first-order valence-electron chi connectivity index (χ1n) is 5.97. The van der Waals surface area contributed by atoms with Gasteiger partial charge in [0.15, 0.2) is 0 Å². The molecule has 0 aliphatic carbocycles. The van der Waals surface area contributed by atoms with Crippen LogP contribution in [-0.4, -0.2) is 33.0 Å². The van der Waals surface area contributed by atoms with E-state index in [1.807, 2.05) is 19.2 Å². The van der Waals surface area contributed by atoms with E-state index in [1.54, 1.807) is 11.3 Å². The van der Waals surface area contributed by atoms with Crippen LogP contribution in [0.5, 0.6) is 0 Å². The van der Waals surface area contributed by atoms with Crippen LogP contribution in [0.15, 0.2) is 5.38 Å². The number of hydrogen-bond acceptors (Lipinski definition) is 7. The molecule has 0 fully saturated rings. The van der Waals surface area contributed by atoms with E-state index in [4.69, 9.17) is 11.6 Å². The molecule has 2 heterocycles. The van der Waals surface area contributed by atoms with Crippen LogP contribution in [0.25, 0.3) is 0 Å². The standard InChI is InChI=1S/C11H15ClN6S/c1-3-13-10-16-9(12)17-11(18-10)14-5-4-8-15-7(2)6-19-8/h6H,3-5H2,1-2H3,(H2,13,14,16,17,18). The largest absolute Gasteiger partial charge is 0.354 e. The molecule has 0 amide bonds. The van der Waals surface area contributed by atoms with E-state index in [0.29, 0.717) is 18.4 Å². The molecule has 0 aliphatic heterocycles. The van der Waals surface area contributed by atoms with Crippen molar-refractivity contribution in [3.05, 3.63) is 21.4 Å². The summed E-state index contributed by atoms with van der Waals surface area (Å²) in [4.78, 5) is 16.6. The number of thiazole rings is 1. The van der Waals surface area contributed by atoms with Crippen molar-refractivity contribution < 1.29 is 0 Å². The number of nitrogens with zero attached hydrogens (tertiary/aromatic N) is 4. The second-order valence-electron chi connectivity index (χ2n) is 3.84. The quantitative estimate of drug-likeness (QED) is 0.853. The summed E-state index contributed by atoms with van der Waals surface area (Å²) < 4.78 is 0. The van der Waals surface area contributed by atoms with Gasteiger partial charge in [0.05, 0.1) is 5.01 Å². The Bertz CT molecular complexity index is 544. The van der Waals surface area contributed by atoms with Crippen molar-refractivity contribution in [1.29, 1.82) is 0 Å². The molecular weight excluding hydrogens is 284 g/mol. The van der Waals surface area contributed by atoms with Crippen LogP contribution >= 0.6 is 22.9 Å². The van der Waals surface area contributed by atoms with Crippen LogP contribution in [0.1, 0.15) is 17.6 Å². The van der Waals surface area contributed by atoms with Gasteiger partial charge >= 0.3 is 0 Å². The molecule has 6 nitrogen and oxygen atoms in total. The highest BCUT2D eigenvalue weighted by Crippen LogP contribution is 2.11. The highest BCUT2D eigenvalue weighted by molar-refractivity contribution is 7.09. The average molecular weight is 299 g/mol. The lowest BCUT2D eigenvalue weighted by molar-refractivity contribution is 0.944. The predicted molar refractivity (Wildman–Crippen MR) is 78.0 cm³/mol. The smallest absolute Gasteiger partial charge is 0.228 e. The minimum absolute atomic E-state index is 0.179. The molecule has 102 valence electrons. The van der Waals surface area contributed by atoms with Gasteiger partial charge in [-0.05, 0) is 25.4 Å². The van der Waals surface area contributed by atoms with Crippen molar-refractivity contribution >= 4 is 34.8 Å². The highest BCUT2D eigenvalue weighted by atomic mass is 35.5. The molecule has 2 aromatic heterocycles. The molecule has 0 saturated carbocycles. The second-order valence-corrected chi connectivity index (χ2v) is 5.12. The summed E-state index contributed by atoms with van der Waals surface area (Å²) in [7, 11) is 0. The van der Waals surface area contributed by atoms with Gasteiger partial charge in [0.1, 0.15) is 0 Å². The molecule has 0 unspecified atom stereocenters. The van der Waals surface area contributed by atoms with E-state index in [2.05, 4.69) is 30.6 Å². The fourth-order valence-electron chi connectivity index (χ4n) is 1.47. The van der Waals surface area contributed by atoms with Crippen LogP contribution in [0.3, 0.4) is 0 Å². The number of rotatable bonds is 6. The van der Waals surface area contributed by atoms with Gasteiger partial charge in [-0.1, -0.05) is 0 Å². The van der Waals surface area contributed by atoms with Gasteiger partial charge in [-0.3, -0.25) is 0 Å². The van der Waals surface area contributed by atoms with Gasteiger partial charge in [-0.25, -0.2) is 4.98 Å². The number of anilines is 2. The van der Waals surface area contributed by atoms with Gasteiger partial charge in [-0.2, -0.15) is 15.0 Å². The Morgan fingerprint density at radius 3 is 2.53 bits per heavy atom. The van der Waals surface area contributed by atoms with E-state index < -0.39 is 0 Å². The van der Waals surface area contributed by atoms with Crippen LogP contribution in [-0.2, 0) is 6.42 Å². The third kappa shape index (κ3) is 4.29. The first-order chi connectivity index (χ1) is 9.17. The molecule has 0 bridgehead atoms. The van der Waals surface area contributed by atoms with Crippen molar-refractivity contribution in [3.8, 4) is 0 Å². The fourth-order valence-corrected chi connectivity index (χ4v) is 2.40. The van der Waals surface area contributed by atoms with E-state index in [1.165, 1.54) is 0 Å². The summed E-state index contributed by atoms with van der Waals surface area (Å²) >= 11 is 7.49. The Morgan fingerprint density at radius 1 is 1.16 bits per heavy atom. The Labute approximate surface area is 120 Å².